The minimum Gasteiger partial charge on any atom is -0.469 e. The standard InChI is InChI=1S/C15H19BrN2O3.ClH/c1-21-14(19)8-13(10-3-2-4-12(16)7-10)18-15(20)11-5-6-17-9-11;/h2-4,7,11,13,17H,5-6,8-9H2,1H3,(H,18,20);1H. The SMILES string of the molecule is COC(=O)CC(NC(=O)C1CCNC1)c1cccc(Br)c1.Cl. The maximum absolute atomic E-state index is 12.3. The molecule has 0 aromatic heterocycles. The number of rotatable bonds is 5. The predicted octanol–water partition coefficient (Wildman–Crippen LogP) is 2.20. The lowest BCUT2D eigenvalue weighted by Crippen LogP contribution is -2.36. The van der Waals surface area contributed by atoms with Crippen molar-refractivity contribution in [3.05, 3.63) is 34.3 Å². The minimum atomic E-state index is -0.372. The molecule has 1 heterocycles. The van der Waals surface area contributed by atoms with Gasteiger partial charge < -0.3 is 15.4 Å². The van der Waals surface area contributed by atoms with E-state index in [0.29, 0.717) is 6.54 Å². The normalized spacial score (nSPS) is 18.2. The van der Waals surface area contributed by atoms with E-state index in [1.807, 2.05) is 24.3 Å². The summed E-state index contributed by atoms with van der Waals surface area (Å²) >= 11 is 3.41. The average Bonchev–Trinajstić information content (AvgIpc) is 3.00. The number of nitrogens with one attached hydrogen (secondary N) is 2. The Kier molecular flexibility index (Phi) is 7.85. The largest absolute Gasteiger partial charge is 0.469 e. The van der Waals surface area contributed by atoms with Crippen LogP contribution in [0.2, 0.25) is 0 Å². The fourth-order valence-corrected chi connectivity index (χ4v) is 2.81. The molecule has 2 rings (SSSR count). The average molecular weight is 392 g/mol. The van der Waals surface area contributed by atoms with Crippen molar-refractivity contribution in [2.75, 3.05) is 20.2 Å². The molecule has 1 fully saturated rings. The van der Waals surface area contributed by atoms with E-state index in [0.717, 1.165) is 23.0 Å². The van der Waals surface area contributed by atoms with Gasteiger partial charge in [-0.2, -0.15) is 0 Å². The predicted molar refractivity (Wildman–Crippen MR) is 89.9 cm³/mol. The Morgan fingerprint density at radius 2 is 2.27 bits per heavy atom. The molecule has 5 nitrogen and oxygen atoms in total. The van der Waals surface area contributed by atoms with Gasteiger partial charge in [0.25, 0.3) is 0 Å². The third-order valence-corrected chi connectivity index (χ3v) is 4.09. The van der Waals surface area contributed by atoms with E-state index in [9.17, 15) is 9.59 Å². The van der Waals surface area contributed by atoms with Crippen molar-refractivity contribution >= 4 is 40.2 Å². The van der Waals surface area contributed by atoms with E-state index in [1.165, 1.54) is 7.11 Å². The molecule has 0 spiro atoms. The lowest BCUT2D eigenvalue weighted by Gasteiger charge is -2.20. The molecule has 0 radical (unpaired) electrons. The van der Waals surface area contributed by atoms with E-state index in [-0.39, 0.29) is 42.7 Å². The molecule has 1 aliphatic rings. The molecule has 2 unspecified atom stereocenters. The van der Waals surface area contributed by atoms with Crippen LogP contribution in [0.25, 0.3) is 0 Å². The molecular weight excluding hydrogens is 372 g/mol. The number of esters is 1. The lowest BCUT2D eigenvalue weighted by atomic mass is 10.0. The summed E-state index contributed by atoms with van der Waals surface area (Å²) < 4.78 is 5.63. The molecule has 2 atom stereocenters. The number of methoxy groups -OCH3 is 1. The monoisotopic (exact) mass is 390 g/mol. The first-order valence-electron chi connectivity index (χ1n) is 6.93. The summed E-state index contributed by atoms with van der Waals surface area (Å²) in [5.74, 6) is -0.393. The highest BCUT2D eigenvalue weighted by Crippen LogP contribution is 2.22. The Hall–Kier alpha value is -1.11. The van der Waals surface area contributed by atoms with Gasteiger partial charge in [-0.25, -0.2) is 0 Å². The second-order valence-electron chi connectivity index (χ2n) is 5.09. The molecule has 0 saturated carbocycles. The summed E-state index contributed by atoms with van der Waals surface area (Å²) in [7, 11) is 1.35. The molecule has 1 aliphatic heterocycles. The molecule has 1 aromatic rings. The summed E-state index contributed by atoms with van der Waals surface area (Å²) in [6.07, 6.45) is 0.952. The van der Waals surface area contributed by atoms with Gasteiger partial charge in [0.1, 0.15) is 0 Å². The van der Waals surface area contributed by atoms with E-state index in [1.54, 1.807) is 0 Å². The Labute approximate surface area is 144 Å². The lowest BCUT2D eigenvalue weighted by molar-refractivity contribution is -0.141. The van der Waals surface area contributed by atoms with E-state index in [4.69, 9.17) is 4.74 Å². The second-order valence-corrected chi connectivity index (χ2v) is 6.00. The van der Waals surface area contributed by atoms with Gasteiger partial charge in [-0.1, -0.05) is 28.1 Å². The molecular formula is C15H20BrClN2O3. The third-order valence-electron chi connectivity index (χ3n) is 3.60. The summed E-state index contributed by atoms with van der Waals surface area (Å²) in [4.78, 5) is 23.9. The molecule has 22 heavy (non-hydrogen) atoms. The van der Waals surface area contributed by atoms with Crippen LogP contribution < -0.4 is 10.6 Å². The highest BCUT2D eigenvalue weighted by atomic mass is 79.9. The molecule has 1 aromatic carbocycles. The zero-order valence-electron chi connectivity index (χ0n) is 12.3. The molecule has 2 N–H and O–H groups in total. The van der Waals surface area contributed by atoms with Crippen LogP contribution in [0.3, 0.4) is 0 Å². The number of carbonyl (C=O) groups excluding carboxylic acids is 2. The van der Waals surface area contributed by atoms with E-state index >= 15 is 0 Å². The quantitative estimate of drug-likeness (QED) is 0.755. The van der Waals surface area contributed by atoms with Gasteiger partial charge in [0.2, 0.25) is 5.91 Å². The van der Waals surface area contributed by atoms with E-state index in [2.05, 4.69) is 26.6 Å². The van der Waals surface area contributed by atoms with Crippen LogP contribution in [-0.2, 0) is 14.3 Å². The van der Waals surface area contributed by atoms with Crippen molar-refractivity contribution in [2.45, 2.75) is 18.9 Å². The molecule has 7 heteroatoms. The number of benzene rings is 1. The van der Waals surface area contributed by atoms with Crippen LogP contribution in [0.1, 0.15) is 24.4 Å². The minimum absolute atomic E-state index is 0. The Bertz CT molecular complexity index is 521. The van der Waals surface area contributed by atoms with E-state index < -0.39 is 0 Å². The number of hydrogen-bond acceptors (Lipinski definition) is 4. The van der Waals surface area contributed by atoms with Crippen molar-refractivity contribution in [2.24, 2.45) is 5.92 Å². The highest BCUT2D eigenvalue weighted by molar-refractivity contribution is 9.10. The molecule has 0 bridgehead atoms. The Balaban J connectivity index is 0.00000242. The maximum atomic E-state index is 12.3. The van der Waals surface area contributed by atoms with Crippen LogP contribution >= 0.6 is 28.3 Å². The Morgan fingerprint density at radius 3 is 2.86 bits per heavy atom. The van der Waals surface area contributed by atoms with Crippen molar-refractivity contribution in [1.29, 1.82) is 0 Å². The first-order chi connectivity index (χ1) is 10.1. The van der Waals surface area contributed by atoms with Crippen LogP contribution in [0.15, 0.2) is 28.7 Å². The van der Waals surface area contributed by atoms with Crippen molar-refractivity contribution in [1.82, 2.24) is 10.6 Å². The molecule has 0 aliphatic carbocycles. The van der Waals surface area contributed by atoms with Crippen LogP contribution in [0.4, 0.5) is 0 Å². The summed E-state index contributed by atoms with van der Waals surface area (Å²) in [6, 6.07) is 7.21. The molecule has 122 valence electrons. The summed E-state index contributed by atoms with van der Waals surface area (Å²) in [6.45, 7) is 1.55. The topological polar surface area (TPSA) is 67.4 Å². The summed E-state index contributed by atoms with van der Waals surface area (Å²) in [5, 5.41) is 6.13. The first kappa shape index (κ1) is 18.9. The fraction of sp³-hybridized carbons (Fsp3) is 0.467. The van der Waals surface area contributed by atoms with Gasteiger partial charge in [-0.05, 0) is 30.7 Å². The van der Waals surface area contributed by atoms with Crippen molar-refractivity contribution < 1.29 is 14.3 Å². The van der Waals surface area contributed by atoms with Crippen molar-refractivity contribution in [3.63, 3.8) is 0 Å². The van der Waals surface area contributed by atoms with Gasteiger partial charge >= 0.3 is 5.97 Å². The highest BCUT2D eigenvalue weighted by Gasteiger charge is 2.26. The third kappa shape index (κ3) is 5.26. The number of hydrogen-bond donors (Lipinski definition) is 2. The van der Waals surface area contributed by atoms with Gasteiger partial charge in [0, 0.05) is 11.0 Å². The Morgan fingerprint density at radius 1 is 1.50 bits per heavy atom. The van der Waals surface area contributed by atoms with Gasteiger partial charge in [-0.3, -0.25) is 9.59 Å². The number of carbonyl (C=O) groups is 2. The smallest absolute Gasteiger partial charge is 0.307 e. The summed E-state index contributed by atoms with van der Waals surface area (Å²) in [5.41, 5.74) is 0.883. The van der Waals surface area contributed by atoms with Crippen LogP contribution in [0.5, 0.6) is 0 Å². The van der Waals surface area contributed by atoms with Crippen LogP contribution in [0, 0.1) is 5.92 Å². The zero-order chi connectivity index (χ0) is 15.2. The molecule has 1 amide bonds. The number of halogens is 2. The number of amides is 1. The fourth-order valence-electron chi connectivity index (χ4n) is 2.39. The van der Waals surface area contributed by atoms with Gasteiger partial charge in [0.15, 0.2) is 0 Å². The van der Waals surface area contributed by atoms with Gasteiger partial charge in [-0.15, -0.1) is 12.4 Å². The van der Waals surface area contributed by atoms with Crippen LogP contribution in [-0.4, -0.2) is 32.1 Å². The maximum Gasteiger partial charge on any atom is 0.307 e. The first-order valence-corrected chi connectivity index (χ1v) is 7.73. The van der Waals surface area contributed by atoms with Crippen molar-refractivity contribution in [3.8, 4) is 0 Å². The molecule has 1 saturated heterocycles. The van der Waals surface area contributed by atoms with Gasteiger partial charge in [0.05, 0.1) is 25.5 Å². The zero-order valence-corrected chi connectivity index (χ0v) is 14.7. The second kappa shape index (κ2) is 9.12. The number of ether oxygens (including phenoxy) is 1.